The van der Waals surface area contributed by atoms with E-state index >= 15 is 0 Å². The Bertz CT molecular complexity index is 770. The van der Waals surface area contributed by atoms with E-state index in [2.05, 4.69) is 10.2 Å². The van der Waals surface area contributed by atoms with Crippen LogP contribution in [0.25, 0.3) is 0 Å². The highest BCUT2D eigenvalue weighted by atomic mass is 16.5. The van der Waals surface area contributed by atoms with Crippen molar-refractivity contribution in [1.29, 1.82) is 5.26 Å². The minimum Gasteiger partial charge on any atom is -0.467 e. The topological polar surface area (TPSA) is 112 Å². The van der Waals surface area contributed by atoms with Crippen LogP contribution in [0.15, 0.2) is 40.6 Å². The predicted molar refractivity (Wildman–Crippen MR) is 79.6 cm³/mol. The van der Waals surface area contributed by atoms with Gasteiger partial charge in [-0.1, -0.05) is 18.2 Å². The lowest BCUT2D eigenvalue weighted by molar-refractivity contribution is -0.147. The number of benzene rings is 1. The Morgan fingerprint density at radius 3 is 2.71 bits per heavy atom. The van der Waals surface area contributed by atoms with Gasteiger partial charge in [-0.15, -0.1) is 0 Å². The lowest BCUT2D eigenvalue weighted by Gasteiger charge is -2.22. The minimum atomic E-state index is -1.49. The number of amides is 2. The van der Waals surface area contributed by atoms with Crippen LogP contribution in [0.2, 0.25) is 0 Å². The molecule has 2 amide bonds. The molecular weight excluding hydrogens is 312 g/mol. The average molecular weight is 326 g/mol. The fourth-order valence-electron chi connectivity index (χ4n) is 3.09. The van der Waals surface area contributed by atoms with Crippen molar-refractivity contribution in [3.05, 3.63) is 35.9 Å². The summed E-state index contributed by atoms with van der Waals surface area (Å²) < 4.78 is 4.73. The third-order valence-electron chi connectivity index (χ3n) is 4.36. The van der Waals surface area contributed by atoms with Gasteiger partial charge in [0.2, 0.25) is 0 Å². The highest BCUT2D eigenvalue weighted by Gasteiger charge is 2.62. The average Bonchev–Trinajstić information content (AvgIpc) is 3.16. The Hall–Kier alpha value is -3.08. The number of azo groups is 1. The van der Waals surface area contributed by atoms with E-state index in [1.165, 1.54) is 7.11 Å². The third-order valence-corrected chi connectivity index (χ3v) is 4.36. The maximum atomic E-state index is 12.9. The lowest BCUT2D eigenvalue weighted by Crippen LogP contribution is -2.47. The van der Waals surface area contributed by atoms with Crippen molar-refractivity contribution in [2.45, 2.75) is 18.0 Å². The first-order valence-corrected chi connectivity index (χ1v) is 7.34. The number of methoxy groups -OCH3 is 1. The Labute approximate surface area is 137 Å². The SMILES string of the molecule is COC(=O)[C@@H]1C[C@@]2(N=NC[C@@H]2C#N)C(=O)N1C(=O)c1ccccc1. The molecule has 1 fully saturated rings. The molecule has 2 aliphatic heterocycles. The van der Waals surface area contributed by atoms with E-state index in [1.807, 2.05) is 6.07 Å². The monoisotopic (exact) mass is 326 g/mol. The number of carbonyl (C=O) groups is 3. The molecule has 1 aromatic carbocycles. The molecule has 2 heterocycles. The Balaban J connectivity index is 2.04. The van der Waals surface area contributed by atoms with Crippen LogP contribution in [0.5, 0.6) is 0 Å². The van der Waals surface area contributed by atoms with E-state index in [9.17, 15) is 19.6 Å². The van der Waals surface area contributed by atoms with Crippen LogP contribution in [0.1, 0.15) is 16.8 Å². The zero-order valence-corrected chi connectivity index (χ0v) is 12.9. The van der Waals surface area contributed by atoms with Crippen LogP contribution in [-0.2, 0) is 14.3 Å². The van der Waals surface area contributed by atoms with Gasteiger partial charge in [-0.3, -0.25) is 14.5 Å². The second kappa shape index (κ2) is 5.85. The fourth-order valence-corrected chi connectivity index (χ4v) is 3.09. The summed E-state index contributed by atoms with van der Waals surface area (Å²) in [5.74, 6) is -2.82. The van der Waals surface area contributed by atoms with Crippen molar-refractivity contribution in [2.75, 3.05) is 13.7 Å². The molecule has 0 radical (unpaired) electrons. The first-order chi connectivity index (χ1) is 11.5. The van der Waals surface area contributed by atoms with Crippen molar-refractivity contribution in [2.24, 2.45) is 16.1 Å². The summed E-state index contributed by atoms with van der Waals surface area (Å²) in [5, 5.41) is 17.0. The zero-order valence-electron chi connectivity index (χ0n) is 12.9. The summed E-state index contributed by atoms with van der Waals surface area (Å²) in [6.45, 7) is 0.0729. The number of rotatable bonds is 2. The molecule has 8 nitrogen and oxygen atoms in total. The number of ether oxygens (including phenoxy) is 1. The van der Waals surface area contributed by atoms with Gasteiger partial charge in [-0.25, -0.2) is 4.79 Å². The zero-order chi connectivity index (χ0) is 17.3. The van der Waals surface area contributed by atoms with Gasteiger partial charge in [-0.2, -0.15) is 15.5 Å². The molecule has 1 aromatic rings. The van der Waals surface area contributed by atoms with Crippen molar-refractivity contribution < 1.29 is 19.1 Å². The first-order valence-electron chi connectivity index (χ1n) is 7.34. The highest BCUT2D eigenvalue weighted by molar-refractivity contribution is 6.12. The molecule has 0 aliphatic carbocycles. The van der Waals surface area contributed by atoms with Crippen LogP contribution in [0.4, 0.5) is 0 Å². The molecule has 122 valence electrons. The van der Waals surface area contributed by atoms with E-state index in [1.54, 1.807) is 30.3 Å². The molecule has 24 heavy (non-hydrogen) atoms. The van der Waals surface area contributed by atoms with E-state index in [0.717, 1.165) is 4.90 Å². The Kier molecular flexibility index (Phi) is 3.85. The molecule has 2 aliphatic rings. The number of hydrogen-bond donors (Lipinski definition) is 0. The van der Waals surface area contributed by atoms with Gasteiger partial charge in [0, 0.05) is 12.0 Å². The number of imide groups is 1. The Morgan fingerprint density at radius 1 is 1.38 bits per heavy atom. The second-order valence-corrected chi connectivity index (χ2v) is 5.62. The summed E-state index contributed by atoms with van der Waals surface area (Å²) in [5.41, 5.74) is -1.22. The second-order valence-electron chi connectivity index (χ2n) is 5.62. The van der Waals surface area contributed by atoms with Crippen molar-refractivity contribution >= 4 is 17.8 Å². The van der Waals surface area contributed by atoms with Gasteiger partial charge in [0.25, 0.3) is 11.8 Å². The summed E-state index contributed by atoms with van der Waals surface area (Å²) in [4.78, 5) is 38.7. The van der Waals surface area contributed by atoms with Crippen LogP contribution in [-0.4, -0.2) is 47.9 Å². The van der Waals surface area contributed by atoms with E-state index in [4.69, 9.17) is 4.74 Å². The number of likely N-dealkylation sites (tertiary alicyclic amines) is 1. The summed E-state index contributed by atoms with van der Waals surface area (Å²) in [6.07, 6.45) is -0.0984. The van der Waals surface area contributed by atoms with Gasteiger partial charge in [0.05, 0.1) is 19.7 Å². The molecule has 0 bridgehead atoms. The lowest BCUT2D eigenvalue weighted by atomic mass is 9.84. The number of carbonyl (C=O) groups excluding carboxylic acids is 3. The van der Waals surface area contributed by atoms with Crippen LogP contribution >= 0.6 is 0 Å². The maximum absolute atomic E-state index is 12.9. The molecule has 8 heteroatoms. The van der Waals surface area contributed by atoms with Gasteiger partial charge in [0.15, 0.2) is 5.54 Å². The van der Waals surface area contributed by atoms with E-state index < -0.39 is 35.3 Å². The summed E-state index contributed by atoms with van der Waals surface area (Å²) >= 11 is 0. The molecule has 0 saturated carbocycles. The van der Waals surface area contributed by atoms with Crippen molar-refractivity contribution in [3.63, 3.8) is 0 Å². The smallest absolute Gasteiger partial charge is 0.329 e. The number of nitrogens with zero attached hydrogens (tertiary/aromatic N) is 4. The molecule has 0 N–H and O–H groups in total. The number of hydrogen-bond acceptors (Lipinski definition) is 7. The third kappa shape index (κ3) is 2.17. The van der Waals surface area contributed by atoms with Gasteiger partial charge < -0.3 is 4.74 Å². The first kappa shape index (κ1) is 15.8. The number of esters is 1. The van der Waals surface area contributed by atoms with Gasteiger partial charge in [-0.05, 0) is 12.1 Å². The molecule has 0 unspecified atom stereocenters. The molecular formula is C16H14N4O4. The molecule has 1 spiro atoms. The molecule has 0 aromatic heterocycles. The summed E-state index contributed by atoms with van der Waals surface area (Å²) in [6, 6.07) is 9.03. The van der Waals surface area contributed by atoms with Gasteiger partial charge in [0.1, 0.15) is 12.0 Å². The van der Waals surface area contributed by atoms with E-state index in [0.29, 0.717) is 0 Å². The summed E-state index contributed by atoms with van der Waals surface area (Å²) in [7, 11) is 1.18. The van der Waals surface area contributed by atoms with Crippen molar-refractivity contribution in [3.8, 4) is 6.07 Å². The van der Waals surface area contributed by atoms with Crippen LogP contribution < -0.4 is 0 Å². The maximum Gasteiger partial charge on any atom is 0.329 e. The molecule has 1 saturated heterocycles. The molecule has 3 rings (SSSR count). The number of nitriles is 1. The fraction of sp³-hybridized carbons (Fsp3) is 0.375. The van der Waals surface area contributed by atoms with Crippen LogP contribution in [0, 0.1) is 17.2 Å². The van der Waals surface area contributed by atoms with Gasteiger partial charge >= 0.3 is 5.97 Å². The van der Waals surface area contributed by atoms with Crippen LogP contribution in [0.3, 0.4) is 0 Å². The quantitative estimate of drug-likeness (QED) is 0.593. The van der Waals surface area contributed by atoms with Crippen molar-refractivity contribution in [1.82, 2.24) is 4.90 Å². The predicted octanol–water partition coefficient (Wildman–Crippen LogP) is 0.945. The highest BCUT2D eigenvalue weighted by Crippen LogP contribution is 2.42. The minimum absolute atomic E-state index is 0.0729. The standard InChI is InChI=1S/C16H14N4O4/c1-24-14(22)12-7-16(11(8-17)9-18-19-16)15(23)20(12)13(21)10-5-3-2-4-6-10/h2-6,11-12H,7,9H2,1H3/t11-,12-,16-/m0/s1. The normalized spacial score (nSPS) is 28.2. The Morgan fingerprint density at radius 2 is 2.08 bits per heavy atom. The molecule has 3 atom stereocenters. The largest absolute Gasteiger partial charge is 0.467 e. The van der Waals surface area contributed by atoms with E-state index in [-0.39, 0.29) is 18.5 Å².